The molecule has 0 bridgehead atoms. The van der Waals surface area contributed by atoms with Gasteiger partial charge in [-0.05, 0) is 78.7 Å². The molecule has 1 aromatic carbocycles. The third kappa shape index (κ3) is 8.04. The maximum atomic E-state index is 14.4. The standard InChI is InChI=1S/C49H58O18/c1-21-29(50)9-12-37(59-21)64-31-10-13-38(60-23(31)3)65-32-11-14-39(61-24(32)4)67-47(6)19-36(52)49(57)41-28(15-16-48(49,56)20-47)43(54)40-27(44(41)55)8-7-26(42(40)53)33-18-34-45(25(5)58-33)66-46-35(63-34)17-30(51)22(2)62-46/h7-9,12,15-16,21-25,31-35,37-39,45-46,53,56-57H,10-11,13-14,17-20H2,1-6H3/t21-,22-,23-,24-,25+,31-,32-,33+,34+,35-,37-,38-,39-,45+,46-,47-,48-,49-/m0/s1. The Balaban J connectivity index is 0.783. The molecule has 0 unspecified atom stereocenters. The average molecular weight is 935 g/mol. The number of rotatable bonds is 7. The molecule has 1 aromatic rings. The molecule has 3 N–H and O–H groups in total. The molecule has 18 atom stereocenters. The Bertz CT molecular complexity index is 2340. The molecule has 18 nitrogen and oxygen atoms in total. The Kier molecular flexibility index (Phi) is 12.0. The number of carbonyl (C=O) groups is 5. The summed E-state index contributed by atoms with van der Waals surface area (Å²) >= 11 is 0. The van der Waals surface area contributed by atoms with Crippen LogP contribution in [0.25, 0.3) is 0 Å². The molecule has 9 aliphatic rings. The molecule has 1 saturated carbocycles. The maximum Gasteiger partial charge on any atom is 0.198 e. The number of ketones is 5. The highest BCUT2D eigenvalue weighted by molar-refractivity contribution is 6.32. The topological polar surface area (TPSA) is 238 Å². The number of hydrogen-bond donors (Lipinski definition) is 3. The Morgan fingerprint density at radius 3 is 2.18 bits per heavy atom. The number of ether oxygens (including phenoxy) is 10. The summed E-state index contributed by atoms with van der Waals surface area (Å²) in [6.07, 6.45) is -1.19. The van der Waals surface area contributed by atoms with Crippen LogP contribution in [0.3, 0.4) is 0 Å². The van der Waals surface area contributed by atoms with Gasteiger partial charge in [0.1, 0.15) is 35.8 Å². The zero-order valence-electron chi connectivity index (χ0n) is 38.2. The van der Waals surface area contributed by atoms with E-state index in [2.05, 4.69) is 0 Å². The minimum Gasteiger partial charge on any atom is -0.507 e. The monoisotopic (exact) mass is 934 g/mol. The van der Waals surface area contributed by atoms with E-state index in [0.29, 0.717) is 25.7 Å². The zero-order valence-corrected chi connectivity index (χ0v) is 38.2. The second-order valence-electron chi connectivity index (χ2n) is 19.8. The van der Waals surface area contributed by atoms with Gasteiger partial charge in [0, 0.05) is 55.2 Å². The first-order valence-corrected chi connectivity index (χ1v) is 23.4. The summed E-state index contributed by atoms with van der Waals surface area (Å²) in [5, 5.41) is 36.3. The summed E-state index contributed by atoms with van der Waals surface area (Å²) in [7, 11) is 0. The van der Waals surface area contributed by atoms with Crippen LogP contribution in [-0.2, 0) is 61.8 Å². The Morgan fingerprint density at radius 1 is 0.731 bits per heavy atom. The molecule has 3 aliphatic carbocycles. The molecule has 6 heterocycles. The molecule has 362 valence electrons. The number of benzene rings is 1. The minimum atomic E-state index is -2.81. The van der Waals surface area contributed by atoms with Crippen molar-refractivity contribution in [1.82, 2.24) is 0 Å². The van der Waals surface area contributed by atoms with Gasteiger partial charge in [-0.3, -0.25) is 24.0 Å². The van der Waals surface area contributed by atoms with Gasteiger partial charge in [-0.15, -0.1) is 0 Å². The van der Waals surface area contributed by atoms with Crippen molar-refractivity contribution in [2.75, 3.05) is 0 Å². The van der Waals surface area contributed by atoms with Crippen molar-refractivity contribution >= 4 is 28.9 Å². The number of Topliss-reactive ketones (excluding diaryl/α,β-unsaturated/α-hetero) is 4. The quantitative estimate of drug-likeness (QED) is 0.354. The van der Waals surface area contributed by atoms with Gasteiger partial charge in [0.25, 0.3) is 0 Å². The molecule has 10 rings (SSSR count). The van der Waals surface area contributed by atoms with Crippen LogP contribution in [0.15, 0.2) is 47.6 Å². The van der Waals surface area contributed by atoms with Crippen LogP contribution in [0.1, 0.15) is 125 Å². The lowest BCUT2D eigenvalue weighted by Gasteiger charge is -2.53. The molecule has 0 amide bonds. The van der Waals surface area contributed by atoms with Crippen LogP contribution in [0.2, 0.25) is 0 Å². The summed E-state index contributed by atoms with van der Waals surface area (Å²) in [6, 6.07) is 2.80. The van der Waals surface area contributed by atoms with E-state index in [1.165, 1.54) is 24.3 Å². The molecular weight excluding hydrogens is 877 g/mol. The highest BCUT2D eigenvalue weighted by atomic mass is 16.7. The van der Waals surface area contributed by atoms with Crippen molar-refractivity contribution < 1.29 is 86.7 Å². The van der Waals surface area contributed by atoms with Crippen molar-refractivity contribution in [3.05, 3.63) is 64.3 Å². The van der Waals surface area contributed by atoms with E-state index in [0.717, 1.165) is 6.08 Å². The summed E-state index contributed by atoms with van der Waals surface area (Å²) in [4.78, 5) is 67.3. The maximum absolute atomic E-state index is 14.4. The van der Waals surface area contributed by atoms with Crippen LogP contribution in [0.4, 0.5) is 0 Å². The Labute approximate surface area is 386 Å². The molecule has 5 saturated heterocycles. The summed E-state index contributed by atoms with van der Waals surface area (Å²) in [6.45, 7) is 10.5. The largest absolute Gasteiger partial charge is 0.507 e. The van der Waals surface area contributed by atoms with Crippen LogP contribution in [0, 0.1) is 0 Å². The van der Waals surface area contributed by atoms with Crippen LogP contribution in [0.5, 0.6) is 5.75 Å². The number of hydrogen-bond acceptors (Lipinski definition) is 18. The normalized spacial score (nSPS) is 45.3. The third-order valence-electron chi connectivity index (χ3n) is 15.0. The molecule has 0 radical (unpaired) electrons. The number of fused-ring (bicyclic) bond motifs is 5. The zero-order chi connectivity index (χ0) is 47.5. The Morgan fingerprint density at radius 2 is 1.45 bits per heavy atom. The highest BCUT2D eigenvalue weighted by Crippen LogP contribution is 2.53. The first-order valence-electron chi connectivity index (χ1n) is 23.4. The molecule has 0 aromatic heterocycles. The van der Waals surface area contributed by atoms with Gasteiger partial charge in [0.05, 0.1) is 59.5 Å². The van der Waals surface area contributed by atoms with E-state index >= 15 is 0 Å². The fourth-order valence-electron chi connectivity index (χ4n) is 11.4. The summed E-state index contributed by atoms with van der Waals surface area (Å²) in [5.74, 6) is -3.34. The summed E-state index contributed by atoms with van der Waals surface area (Å²) in [5.41, 5.74) is -7.78. The molecule has 67 heavy (non-hydrogen) atoms. The smallest absolute Gasteiger partial charge is 0.198 e. The first-order chi connectivity index (χ1) is 31.8. The van der Waals surface area contributed by atoms with Crippen molar-refractivity contribution in [2.24, 2.45) is 0 Å². The third-order valence-corrected chi connectivity index (χ3v) is 15.0. The molecule has 0 spiro atoms. The molecule has 6 fully saturated rings. The van der Waals surface area contributed by atoms with Gasteiger partial charge >= 0.3 is 0 Å². The fraction of sp³-hybridized carbons (Fsp3) is 0.653. The van der Waals surface area contributed by atoms with Crippen molar-refractivity contribution in [1.29, 1.82) is 0 Å². The van der Waals surface area contributed by atoms with E-state index in [1.54, 1.807) is 33.8 Å². The van der Waals surface area contributed by atoms with E-state index in [-0.39, 0.29) is 71.4 Å². The number of aromatic hydroxyl groups is 1. The van der Waals surface area contributed by atoms with Gasteiger partial charge in [-0.25, -0.2) is 0 Å². The van der Waals surface area contributed by atoms with Crippen LogP contribution < -0.4 is 0 Å². The second kappa shape index (κ2) is 17.2. The number of allylic oxidation sites excluding steroid dienone is 2. The minimum absolute atomic E-state index is 0.102. The van der Waals surface area contributed by atoms with Gasteiger partial charge in [0.15, 0.2) is 59.7 Å². The highest BCUT2D eigenvalue weighted by Gasteiger charge is 2.67. The molecule has 18 heteroatoms. The van der Waals surface area contributed by atoms with Crippen molar-refractivity contribution in [2.45, 2.75) is 202 Å². The Hall–Kier alpha value is -3.89. The van der Waals surface area contributed by atoms with E-state index < -0.39 is 126 Å². The lowest BCUT2D eigenvalue weighted by Crippen LogP contribution is -2.69. The van der Waals surface area contributed by atoms with Crippen LogP contribution >= 0.6 is 0 Å². The lowest BCUT2D eigenvalue weighted by atomic mass is 9.57. The van der Waals surface area contributed by atoms with Crippen LogP contribution in [-0.4, -0.2) is 147 Å². The SMILES string of the molecule is C[C@@H]1O[C@@H](O[C@H]2CC[C@H](O[C@H]3CC[C@H](O[C@@]4(C)CC(=O)[C@]5(O)C6=C(C=C[C@]5(O)C4)C(=O)c4c(ccc([C@H]5C[C@H]7O[C@H]8CC(=O)[C@H](C)O[C@H]8O[C@@H]7[C@@H](C)O5)c4O)C6=O)O[C@H]3C)O[C@H]2C)C=CC1=O. The lowest BCUT2D eigenvalue weighted by molar-refractivity contribution is -0.347. The van der Waals surface area contributed by atoms with Gasteiger partial charge in [-0.2, -0.15) is 0 Å². The first kappa shape index (κ1) is 46.8. The van der Waals surface area contributed by atoms with Gasteiger partial charge in [-0.1, -0.05) is 12.1 Å². The van der Waals surface area contributed by atoms with E-state index in [9.17, 15) is 39.3 Å². The fourth-order valence-corrected chi connectivity index (χ4v) is 11.4. The van der Waals surface area contributed by atoms with Gasteiger partial charge < -0.3 is 62.7 Å². The van der Waals surface area contributed by atoms with Crippen molar-refractivity contribution in [3.63, 3.8) is 0 Å². The van der Waals surface area contributed by atoms with Gasteiger partial charge in [0.2, 0.25) is 0 Å². The van der Waals surface area contributed by atoms with E-state index in [4.69, 9.17) is 47.4 Å². The average Bonchev–Trinajstić information content (AvgIpc) is 3.26. The molecule has 6 aliphatic heterocycles. The van der Waals surface area contributed by atoms with E-state index in [1.807, 2.05) is 13.8 Å². The number of aliphatic hydroxyl groups is 2. The van der Waals surface area contributed by atoms with Crippen molar-refractivity contribution in [3.8, 4) is 5.75 Å². The predicted molar refractivity (Wildman–Crippen MR) is 227 cm³/mol. The number of phenolic OH excluding ortho intramolecular Hbond substituents is 1. The number of phenols is 1. The summed E-state index contributed by atoms with van der Waals surface area (Å²) < 4.78 is 61.5. The molecular formula is C49H58O18. The number of carbonyl (C=O) groups excluding carboxylic acids is 5. The second-order valence-corrected chi connectivity index (χ2v) is 19.8. The predicted octanol–water partition coefficient (Wildman–Crippen LogP) is 3.64.